The van der Waals surface area contributed by atoms with Gasteiger partial charge in [-0.1, -0.05) is 212 Å². The molecular weight excluding hydrogens is 833 g/mol. The number of hydrogen-bond acceptors (Lipinski definition) is 1. The zero-order valence-electron chi connectivity index (χ0n) is 37.8. The molecule has 322 valence electrons. The maximum atomic E-state index is 2.48. The Kier molecular flexibility index (Phi) is 8.84. The number of benzene rings is 11. The van der Waals surface area contributed by atoms with E-state index in [9.17, 15) is 0 Å². The number of aromatic nitrogens is 1. The highest BCUT2D eigenvalue weighted by molar-refractivity contribution is 6.16. The highest BCUT2D eigenvalue weighted by Gasteiger charge is 2.50. The summed E-state index contributed by atoms with van der Waals surface area (Å²) in [4.78, 5) is 2.48. The molecule has 0 amide bonds. The molecule has 69 heavy (non-hydrogen) atoms. The molecule has 2 aliphatic carbocycles. The SMILES string of the molecule is c1ccc(-c2ccc(N(c3ccc(-c4cccc5c4c4ccccc4n5-c4ccccc4)cc3)c3cccc4c3-c3ccccc3C43c4ccccc4-c4ccccc4-c4ccccc43)cc2)cc1. The third kappa shape index (κ3) is 5.79. The van der Waals surface area contributed by atoms with E-state index in [4.69, 9.17) is 0 Å². The van der Waals surface area contributed by atoms with E-state index in [1.165, 1.54) is 99.7 Å². The summed E-state index contributed by atoms with van der Waals surface area (Å²) in [5.41, 5.74) is 23.8. The summed E-state index contributed by atoms with van der Waals surface area (Å²) in [6.07, 6.45) is 0. The van der Waals surface area contributed by atoms with E-state index in [-0.39, 0.29) is 0 Å². The van der Waals surface area contributed by atoms with Gasteiger partial charge in [-0.05, 0) is 127 Å². The van der Waals surface area contributed by atoms with Gasteiger partial charge in [0.2, 0.25) is 0 Å². The van der Waals surface area contributed by atoms with Crippen LogP contribution in [-0.4, -0.2) is 4.57 Å². The molecule has 2 nitrogen and oxygen atoms in total. The molecule has 0 fully saturated rings. The average molecular weight is 877 g/mol. The fourth-order valence-electron chi connectivity index (χ4n) is 12.0. The second kappa shape index (κ2) is 15.6. The van der Waals surface area contributed by atoms with Gasteiger partial charge in [-0.3, -0.25) is 0 Å². The minimum absolute atomic E-state index is 0.585. The Balaban J connectivity index is 0.998. The summed E-state index contributed by atoms with van der Waals surface area (Å²) in [6, 6.07) is 98.7. The van der Waals surface area contributed by atoms with Crippen LogP contribution in [0, 0.1) is 0 Å². The van der Waals surface area contributed by atoms with E-state index in [2.05, 4.69) is 276 Å². The molecule has 1 heterocycles. The summed E-state index contributed by atoms with van der Waals surface area (Å²) in [7, 11) is 0. The van der Waals surface area contributed by atoms with Crippen LogP contribution in [0.3, 0.4) is 0 Å². The molecule has 0 saturated heterocycles. The molecule has 14 rings (SSSR count). The highest BCUT2D eigenvalue weighted by atomic mass is 15.1. The molecule has 11 aromatic carbocycles. The van der Waals surface area contributed by atoms with Gasteiger partial charge in [0.25, 0.3) is 0 Å². The lowest BCUT2D eigenvalue weighted by Crippen LogP contribution is -2.29. The molecule has 2 aliphatic rings. The minimum Gasteiger partial charge on any atom is -0.310 e. The summed E-state index contributed by atoms with van der Waals surface area (Å²) < 4.78 is 2.40. The van der Waals surface area contributed by atoms with Crippen molar-refractivity contribution in [3.8, 4) is 61.3 Å². The van der Waals surface area contributed by atoms with Gasteiger partial charge < -0.3 is 9.47 Å². The second-order valence-corrected chi connectivity index (χ2v) is 18.3. The van der Waals surface area contributed by atoms with Crippen LogP contribution < -0.4 is 4.90 Å². The number of hydrogen-bond donors (Lipinski definition) is 0. The van der Waals surface area contributed by atoms with E-state index in [1.54, 1.807) is 0 Å². The van der Waals surface area contributed by atoms with Crippen LogP contribution >= 0.6 is 0 Å². The molecule has 0 N–H and O–H groups in total. The van der Waals surface area contributed by atoms with Gasteiger partial charge in [-0.15, -0.1) is 0 Å². The first-order chi connectivity index (χ1) is 34.3. The van der Waals surface area contributed by atoms with Crippen LogP contribution in [0.2, 0.25) is 0 Å². The number of nitrogens with zero attached hydrogens (tertiary/aromatic N) is 2. The van der Waals surface area contributed by atoms with E-state index < -0.39 is 5.41 Å². The van der Waals surface area contributed by atoms with Crippen molar-refractivity contribution in [2.24, 2.45) is 0 Å². The Morgan fingerprint density at radius 2 is 0.739 bits per heavy atom. The predicted octanol–water partition coefficient (Wildman–Crippen LogP) is 17.6. The molecule has 2 heteroatoms. The topological polar surface area (TPSA) is 8.17 Å². The van der Waals surface area contributed by atoms with Crippen molar-refractivity contribution in [1.82, 2.24) is 4.57 Å². The Morgan fingerprint density at radius 1 is 0.290 bits per heavy atom. The van der Waals surface area contributed by atoms with Gasteiger partial charge in [-0.2, -0.15) is 0 Å². The van der Waals surface area contributed by atoms with Crippen LogP contribution in [0.1, 0.15) is 22.3 Å². The molecule has 1 aromatic heterocycles. The van der Waals surface area contributed by atoms with Gasteiger partial charge in [0.05, 0.1) is 22.1 Å². The van der Waals surface area contributed by atoms with E-state index in [0.717, 1.165) is 22.7 Å². The van der Waals surface area contributed by atoms with Crippen molar-refractivity contribution in [3.63, 3.8) is 0 Å². The largest absolute Gasteiger partial charge is 0.310 e. The van der Waals surface area contributed by atoms with Crippen LogP contribution in [0.5, 0.6) is 0 Å². The molecule has 0 atom stereocenters. The predicted molar refractivity (Wildman–Crippen MR) is 288 cm³/mol. The van der Waals surface area contributed by atoms with Crippen molar-refractivity contribution in [2.75, 3.05) is 4.90 Å². The molecule has 12 aromatic rings. The van der Waals surface area contributed by atoms with Crippen molar-refractivity contribution in [2.45, 2.75) is 5.41 Å². The molecule has 0 unspecified atom stereocenters. The molecule has 1 spiro atoms. The van der Waals surface area contributed by atoms with Gasteiger partial charge in [0.1, 0.15) is 0 Å². The third-order valence-corrected chi connectivity index (χ3v) is 14.8. The van der Waals surface area contributed by atoms with Gasteiger partial charge >= 0.3 is 0 Å². The summed E-state index contributed by atoms with van der Waals surface area (Å²) in [6.45, 7) is 0. The number of rotatable bonds is 6. The minimum atomic E-state index is -0.585. The standard InChI is InChI=1S/C67H44N2/c1-3-19-45(20-4-1)46-37-41-49(42-38-46)68(50-43-39-47(40-44-50)51-29-17-35-63-65(51)57-28-12-16-34-62(57)69(63)48-21-5-2-6-22-48)64-36-18-33-61-66(64)56-27-11-15-32-60(56)67(61)58-30-13-9-25-54(58)52-23-7-8-24-53(52)55-26-10-14-31-59(55)67/h1-44H. The molecular formula is C67H44N2. The fourth-order valence-corrected chi connectivity index (χ4v) is 12.0. The van der Waals surface area contributed by atoms with E-state index in [0.29, 0.717) is 0 Å². The molecule has 0 aliphatic heterocycles. The number of anilines is 3. The van der Waals surface area contributed by atoms with E-state index in [1.807, 2.05) is 0 Å². The van der Waals surface area contributed by atoms with Gasteiger partial charge in [0.15, 0.2) is 0 Å². The summed E-state index contributed by atoms with van der Waals surface area (Å²) in [5.74, 6) is 0. The van der Waals surface area contributed by atoms with Crippen molar-refractivity contribution in [1.29, 1.82) is 0 Å². The first-order valence-corrected chi connectivity index (χ1v) is 23.9. The zero-order chi connectivity index (χ0) is 45.5. The highest BCUT2D eigenvalue weighted by Crippen LogP contribution is 2.63. The molecule has 0 bridgehead atoms. The lowest BCUT2D eigenvalue weighted by atomic mass is 9.66. The monoisotopic (exact) mass is 876 g/mol. The van der Waals surface area contributed by atoms with Crippen LogP contribution in [-0.2, 0) is 5.41 Å². The lowest BCUT2D eigenvalue weighted by molar-refractivity contribution is 0.775. The van der Waals surface area contributed by atoms with Crippen LogP contribution in [0.15, 0.2) is 267 Å². The van der Waals surface area contributed by atoms with Crippen molar-refractivity contribution in [3.05, 3.63) is 289 Å². The number of fused-ring (bicyclic) bond motifs is 15. The smallest absolute Gasteiger partial charge is 0.0726 e. The Morgan fingerprint density at radius 3 is 1.39 bits per heavy atom. The zero-order valence-corrected chi connectivity index (χ0v) is 37.8. The first-order valence-electron chi connectivity index (χ1n) is 23.9. The van der Waals surface area contributed by atoms with Gasteiger partial charge in [-0.25, -0.2) is 0 Å². The van der Waals surface area contributed by atoms with Crippen LogP contribution in [0.25, 0.3) is 83.1 Å². The van der Waals surface area contributed by atoms with Crippen LogP contribution in [0.4, 0.5) is 17.1 Å². The van der Waals surface area contributed by atoms with Crippen molar-refractivity contribution < 1.29 is 0 Å². The van der Waals surface area contributed by atoms with Crippen molar-refractivity contribution >= 4 is 38.9 Å². The number of para-hydroxylation sites is 2. The second-order valence-electron chi connectivity index (χ2n) is 18.3. The quantitative estimate of drug-likeness (QED) is 0.162. The molecule has 0 saturated carbocycles. The first kappa shape index (κ1) is 39.2. The third-order valence-electron chi connectivity index (χ3n) is 14.8. The van der Waals surface area contributed by atoms with Gasteiger partial charge in [0, 0.05) is 33.4 Å². The normalized spacial score (nSPS) is 12.8. The maximum Gasteiger partial charge on any atom is 0.0726 e. The Labute approximate surface area is 402 Å². The maximum absolute atomic E-state index is 2.48. The summed E-state index contributed by atoms with van der Waals surface area (Å²) >= 11 is 0. The lowest BCUT2D eigenvalue weighted by Gasteiger charge is -2.35. The van der Waals surface area contributed by atoms with E-state index >= 15 is 0 Å². The Bertz CT molecular complexity index is 3870. The fraction of sp³-hybridized carbons (Fsp3) is 0.0149. The summed E-state index contributed by atoms with van der Waals surface area (Å²) in [5, 5.41) is 2.50. The Hall–Kier alpha value is -8.98. The average Bonchev–Trinajstić information content (AvgIpc) is 3.90. The molecule has 0 radical (unpaired) electrons.